The van der Waals surface area contributed by atoms with Crippen LogP contribution >= 0.6 is 0 Å². The van der Waals surface area contributed by atoms with Crippen molar-refractivity contribution in [2.45, 2.75) is 65.1 Å². The lowest BCUT2D eigenvalue weighted by molar-refractivity contribution is -0.153. The van der Waals surface area contributed by atoms with E-state index in [-0.39, 0.29) is 0 Å². The minimum absolute atomic E-state index is 0.376. The lowest BCUT2D eigenvalue weighted by atomic mass is 9.74. The van der Waals surface area contributed by atoms with E-state index in [1.165, 1.54) is 0 Å². The number of aliphatic hydroxyl groups excluding tert-OH is 1. The molecule has 1 saturated heterocycles. The van der Waals surface area contributed by atoms with E-state index in [9.17, 15) is 19.8 Å². The van der Waals surface area contributed by atoms with Gasteiger partial charge in [-0.25, -0.2) is 4.79 Å². The van der Waals surface area contributed by atoms with Crippen molar-refractivity contribution >= 4 is 12.1 Å². The number of rotatable bonds is 4. The zero-order valence-electron chi connectivity index (χ0n) is 13.4. The van der Waals surface area contributed by atoms with E-state index in [0.717, 1.165) is 0 Å². The largest absolute Gasteiger partial charge is 0.481 e. The van der Waals surface area contributed by atoms with Gasteiger partial charge in [-0.05, 0) is 53.4 Å². The molecule has 1 rings (SSSR count). The second-order valence-electron chi connectivity index (χ2n) is 6.94. The van der Waals surface area contributed by atoms with E-state index in [1.54, 1.807) is 32.6 Å². The minimum atomic E-state index is -0.841. The Kier molecular flexibility index (Phi) is 5.61. The molecule has 6 nitrogen and oxygen atoms in total. The molecule has 21 heavy (non-hydrogen) atoms. The van der Waals surface area contributed by atoms with Gasteiger partial charge in [-0.2, -0.15) is 0 Å². The van der Waals surface area contributed by atoms with Gasteiger partial charge < -0.3 is 19.8 Å². The average Bonchev–Trinajstić information content (AvgIpc) is 2.34. The van der Waals surface area contributed by atoms with Gasteiger partial charge >= 0.3 is 12.1 Å². The molecule has 0 radical (unpaired) electrons. The molecule has 1 unspecified atom stereocenters. The SMILES string of the molecule is CC(O)CCC1(C(=O)O)CCN(C(=O)OC(C)(C)C)CC1. The van der Waals surface area contributed by atoms with E-state index in [1.807, 2.05) is 0 Å². The van der Waals surface area contributed by atoms with E-state index in [0.29, 0.717) is 38.8 Å². The molecule has 0 saturated carbocycles. The molecule has 122 valence electrons. The van der Waals surface area contributed by atoms with Crippen LogP contribution in [-0.4, -0.2) is 52.0 Å². The third-order valence-electron chi connectivity index (χ3n) is 3.87. The number of carboxylic acids is 1. The van der Waals surface area contributed by atoms with Gasteiger partial charge in [0.1, 0.15) is 5.60 Å². The molecule has 1 fully saturated rings. The molecule has 1 amide bonds. The number of likely N-dealkylation sites (tertiary alicyclic amines) is 1. The highest BCUT2D eigenvalue weighted by Gasteiger charge is 2.42. The zero-order valence-corrected chi connectivity index (χ0v) is 13.4. The fraction of sp³-hybridized carbons (Fsp3) is 0.867. The number of carbonyl (C=O) groups excluding carboxylic acids is 1. The first-order chi connectivity index (χ1) is 9.56. The molecule has 0 aromatic carbocycles. The van der Waals surface area contributed by atoms with Crippen molar-refractivity contribution in [3.05, 3.63) is 0 Å². The Balaban J connectivity index is 2.62. The Morgan fingerprint density at radius 1 is 1.29 bits per heavy atom. The van der Waals surface area contributed by atoms with Gasteiger partial charge in [0.15, 0.2) is 0 Å². The van der Waals surface area contributed by atoms with Crippen LogP contribution in [0, 0.1) is 5.41 Å². The Bertz CT molecular complexity index is 378. The highest BCUT2D eigenvalue weighted by molar-refractivity contribution is 5.75. The van der Waals surface area contributed by atoms with Crippen LogP contribution in [0.2, 0.25) is 0 Å². The Morgan fingerprint density at radius 2 is 1.81 bits per heavy atom. The maximum Gasteiger partial charge on any atom is 0.410 e. The normalized spacial score (nSPS) is 20.0. The topological polar surface area (TPSA) is 87.1 Å². The van der Waals surface area contributed by atoms with Crippen molar-refractivity contribution in [3.8, 4) is 0 Å². The average molecular weight is 301 g/mol. The monoisotopic (exact) mass is 301 g/mol. The fourth-order valence-electron chi connectivity index (χ4n) is 2.50. The smallest absolute Gasteiger partial charge is 0.410 e. The van der Waals surface area contributed by atoms with Crippen molar-refractivity contribution in [1.29, 1.82) is 0 Å². The van der Waals surface area contributed by atoms with Crippen LogP contribution in [0.25, 0.3) is 0 Å². The van der Waals surface area contributed by atoms with Crippen LogP contribution in [0.1, 0.15) is 53.4 Å². The number of hydrogen-bond acceptors (Lipinski definition) is 4. The molecule has 0 spiro atoms. The Morgan fingerprint density at radius 3 is 2.19 bits per heavy atom. The molecule has 1 aliphatic heterocycles. The summed E-state index contributed by atoms with van der Waals surface area (Å²) in [5.74, 6) is -0.841. The van der Waals surface area contributed by atoms with Crippen molar-refractivity contribution in [2.24, 2.45) is 5.41 Å². The molecular formula is C15H27NO5. The first-order valence-electron chi connectivity index (χ1n) is 7.45. The third-order valence-corrected chi connectivity index (χ3v) is 3.87. The molecule has 2 N–H and O–H groups in total. The summed E-state index contributed by atoms with van der Waals surface area (Å²) in [6.07, 6.45) is 0.783. The summed E-state index contributed by atoms with van der Waals surface area (Å²) in [4.78, 5) is 25.1. The van der Waals surface area contributed by atoms with Crippen LogP contribution in [0.4, 0.5) is 4.79 Å². The van der Waals surface area contributed by atoms with Crippen LogP contribution in [0.15, 0.2) is 0 Å². The lowest BCUT2D eigenvalue weighted by Gasteiger charge is -2.39. The predicted molar refractivity (Wildman–Crippen MR) is 78.0 cm³/mol. The fourth-order valence-corrected chi connectivity index (χ4v) is 2.50. The van der Waals surface area contributed by atoms with Crippen molar-refractivity contribution in [3.63, 3.8) is 0 Å². The summed E-state index contributed by atoms with van der Waals surface area (Å²) in [5.41, 5.74) is -1.39. The van der Waals surface area contributed by atoms with E-state index < -0.39 is 29.2 Å². The second-order valence-corrected chi connectivity index (χ2v) is 6.94. The van der Waals surface area contributed by atoms with Crippen molar-refractivity contribution in [1.82, 2.24) is 4.90 Å². The highest BCUT2D eigenvalue weighted by Crippen LogP contribution is 2.37. The summed E-state index contributed by atoms with van der Waals surface area (Å²) in [7, 11) is 0. The predicted octanol–water partition coefficient (Wildman–Crippen LogP) is 2.25. The van der Waals surface area contributed by atoms with Gasteiger partial charge in [0.25, 0.3) is 0 Å². The molecular weight excluding hydrogens is 274 g/mol. The van der Waals surface area contributed by atoms with Gasteiger partial charge in [0.05, 0.1) is 11.5 Å². The summed E-state index contributed by atoms with van der Waals surface area (Å²) in [6.45, 7) is 7.82. The number of piperidine rings is 1. The number of hydrogen-bond donors (Lipinski definition) is 2. The maximum absolute atomic E-state index is 12.0. The standard InChI is InChI=1S/C15H27NO5/c1-11(17)5-6-15(12(18)19)7-9-16(10-8-15)13(20)21-14(2,3)4/h11,17H,5-10H2,1-4H3,(H,18,19). The summed E-state index contributed by atoms with van der Waals surface area (Å²) in [6, 6.07) is 0. The van der Waals surface area contributed by atoms with Crippen LogP contribution in [0.3, 0.4) is 0 Å². The van der Waals surface area contributed by atoms with Gasteiger partial charge in [-0.3, -0.25) is 4.79 Å². The number of ether oxygens (including phenoxy) is 1. The Hall–Kier alpha value is -1.30. The quantitative estimate of drug-likeness (QED) is 0.831. The Labute approximate surface area is 126 Å². The number of carbonyl (C=O) groups is 2. The number of amides is 1. The molecule has 0 aliphatic carbocycles. The number of carboxylic acid groups (broad SMARTS) is 1. The third kappa shape index (κ3) is 5.19. The maximum atomic E-state index is 12.0. The molecule has 1 aliphatic rings. The van der Waals surface area contributed by atoms with Crippen molar-refractivity contribution in [2.75, 3.05) is 13.1 Å². The van der Waals surface area contributed by atoms with Crippen LogP contribution in [-0.2, 0) is 9.53 Å². The van der Waals surface area contributed by atoms with E-state index >= 15 is 0 Å². The van der Waals surface area contributed by atoms with Crippen LogP contribution in [0.5, 0.6) is 0 Å². The van der Waals surface area contributed by atoms with Gasteiger partial charge in [0, 0.05) is 13.1 Å². The van der Waals surface area contributed by atoms with E-state index in [4.69, 9.17) is 4.74 Å². The van der Waals surface area contributed by atoms with Gasteiger partial charge in [-0.1, -0.05) is 0 Å². The molecule has 0 aromatic rings. The second kappa shape index (κ2) is 6.64. The number of aliphatic hydroxyl groups is 1. The lowest BCUT2D eigenvalue weighted by Crippen LogP contribution is -2.48. The number of nitrogens with zero attached hydrogens (tertiary/aromatic N) is 1. The molecule has 1 heterocycles. The molecule has 6 heteroatoms. The number of aliphatic carboxylic acids is 1. The van der Waals surface area contributed by atoms with E-state index in [2.05, 4.69) is 0 Å². The molecule has 0 bridgehead atoms. The highest BCUT2D eigenvalue weighted by atomic mass is 16.6. The minimum Gasteiger partial charge on any atom is -0.481 e. The van der Waals surface area contributed by atoms with Gasteiger partial charge in [0.2, 0.25) is 0 Å². The molecule has 0 aromatic heterocycles. The first-order valence-corrected chi connectivity index (χ1v) is 7.45. The summed E-state index contributed by atoms with van der Waals surface area (Å²) < 4.78 is 5.30. The van der Waals surface area contributed by atoms with Gasteiger partial charge in [-0.15, -0.1) is 0 Å². The van der Waals surface area contributed by atoms with Crippen molar-refractivity contribution < 1.29 is 24.5 Å². The summed E-state index contributed by atoms with van der Waals surface area (Å²) in [5, 5.41) is 18.9. The van der Waals surface area contributed by atoms with Crippen LogP contribution < -0.4 is 0 Å². The zero-order chi connectivity index (χ0) is 16.3. The first kappa shape index (κ1) is 17.8. The summed E-state index contributed by atoms with van der Waals surface area (Å²) >= 11 is 0. The molecule has 1 atom stereocenters.